The van der Waals surface area contributed by atoms with Gasteiger partial charge in [0.1, 0.15) is 0 Å². The molecular formula is C14H22N2O2S. The second kappa shape index (κ2) is 7.43. The lowest BCUT2D eigenvalue weighted by molar-refractivity contribution is 0.440. The minimum atomic E-state index is -3.46. The van der Waals surface area contributed by atoms with Crippen LogP contribution in [0.15, 0.2) is 41.8 Å². The zero-order valence-corrected chi connectivity index (χ0v) is 12.4. The van der Waals surface area contributed by atoms with Crippen LogP contribution in [0, 0.1) is 0 Å². The molecule has 0 saturated heterocycles. The van der Waals surface area contributed by atoms with E-state index in [4.69, 9.17) is 0 Å². The highest BCUT2D eigenvalue weighted by molar-refractivity contribution is 7.89. The summed E-state index contributed by atoms with van der Waals surface area (Å²) in [6, 6.07) is 7.10. The Kier molecular flexibility index (Phi) is 6.21. The monoisotopic (exact) mass is 282 g/mol. The maximum atomic E-state index is 12.7. The van der Waals surface area contributed by atoms with Gasteiger partial charge in [0.2, 0.25) is 10.0 Å². The quantitative estimate of drug-likeness (QED) is 0.742. The summed E-state index contributed by atoms with van der Waals surface area (Å²) in [5, 5.41) is 3.00. The number of hydrogen-bond donors (Lipinski definition) is 1. The predicted octanol–water partition coefficient (Wildman–Crippen LogP) is 1.99. The average molecular weight is 282 g/mol. The lowest BCUT2D eigenvalue weighted by Crippen LogP contribution is -2.32. The molecule has 0 atom stereocenters. The molecule has 0 unspecified atom stereocenters. The highest BCUT2D eigenvalue weighted by atomic mass is 32.2. The van der Waals surface area contributed by atoms with Gasteiger partial charge in [-0.1, -0.05) is 31.2 Å². The second-order valence-electron chi connectivity index (χ2n) is 4.29. The molecule has 0 aliphatic rings. The van der Waals surface area contributed by atoms with Gasteiger partial charge >= 0.3 is 0 Å². The maximum Gasteiger partial charge on any atom is 0.243 e. The molecule has 106 valence electrons. The zero-order chi connectivity index (χ0) is 14.3. The molecule has 0 fully saturated rings. The van der Waals surface area contributed by atoms with E-state index < -0.39 is 10.0 Å². The largest absolute Gasteiger partial charge is 0.316 e. The highest BCUT2D eigenvalue weighted by Gasteiger charge is 2.24. The summed E-state index contributed by atoms with van der Waals surface area (Å²) in [5.74, 6) is 0. The molecule has 0 radical (unpaired) electrons. The van der Waals surface area contributed by atoms with Crippen molar-refractivity contribution in [2.24, 2.45) is 0 Å². The minimum Gasteiger partial charge on any atom is -0.316 e. The third kappa shape index (κ3) is 3.89. The van der Waals surface area contributed by atoms with E-state index in [-0.39, 0.29) is 0 Å². The molecule has 0 heterocycles. The van der Waals surface area contributed by atoms with Crippen LogP contribution < -0.4 is 5.32 Å². The maximum absolute atomic E-state index is 12.7. The van der Waals surface area contributed by atoms with E-state index in [1.807, 2.05) is 19.1 Å². The van der Waals surface area contributed by atoms with Crippen LogP contribution in [0.1, 0.15) is 18.9 Å². The minimum absolute atomic E-state index is 0.337. The van der Waals surface area contributed by atoms with Crippen molar-refractivity contribution in [2.75, 3.05) is 20.1 Å². The van der Waals surface area contributed by atoms with Crippen LogP contribution in [0.2, 0.25) is 0 Å². The summed E-state index contributed by atoms with van der Waals surface area (Å²) < 4.78 is 26.8. The van der Waals surface area contributed by atoms with Gasteiger partial charge in [-0.3, -0.25) is 0 Å². The van der Waals surface area contributed by atoms with E-state index in [2.05, 4.69) is 11.9 Å². The van der Waals surface area contributed by atoms with E-state index in [1.165, 1.54) is 4.31 Å². The molecule has 0 saturated carbocycles. The second-order valence-corrected chi connectivity index (χ2v) is 6.20. The predicted molar refractivity (Wildman–Crippen MR) is 78.5 cm³/mol. The van der Waals surface area contributed by atoms with Crippen molar-refractivity contribution < 1.29 is 8.42 Å². The molecular weight excluding hydrogens is 260 g/mol. The number of hydrogen-bond acceptors (Lipinski definition) is 3. The number of benzene rings is 1. The van der Waals surface area contributed by atoms with Gasteiger partial charge in [-0.05, 0) is 25.1 Å². The fraction of sp³-hybridized carbons (Fsp3) is 0.429. The first-order chi connectivity index (χ1) is 9.07. The molecule has 0 bridgehead atoms. The van der Waals surface area contributed by atoms with Gasteiger partial charge in [-0.2, -0.15) is 4.31 Å². The van der Waals surface area contributed by atoms with Crippen molar-refractivity contribution in [1.82, 2.24) is 9.62 Å². The average Bonchev–Trinajstić information content (AvgIpc) is 2.39. The summed E-state index contributed by atoms with van der Waals surface area (Å²) in [5.41, 5.74) is 0.787. The molecule has 5 heteroatoms. The molecule has 0 spiro atoms. The molecule has 0 amide bonds. The first-order valence-electron chi connectivity index (χ1n) is 6.41. The Morgan fingerprint density at radius 3 is 2.63 bits per heavy atom. The van der Waals surface area contributed by atoms with E-state index in [0.717, 1.165) is 12.0 Å². The van der Waals surface area contributed by atoms with Gasteiger partial charge in [0.25, 0.3) is 0 Å². The molecule has 4 nitrogen and oxygen atoms in total. The number of sulfonamides is 1. The standard InChI is InChI=1S/C14H22N2O2S/c1-4-10-16(11-5-2)19(17,18)14-9-7-6-8-13(14)12-15-3/h4,6-9,15H,1,5,10-12H2,2-3H3. The molecule has 0 aliphatic carbocycles. The third-order valence-electron chi connectivity index (χ3n) is 2.76. The van der Waals surface area contributed by atoms with Crippen molar-refractivity contribution in [3.8, 4) is 0 Å². The number of rotatable bonds is 8. The van der Waals surface area contributed by atoms with Crippen molar-refractivity contribution in [3.05, 3.63) is 42.5 Å². The summed E-state index contributed by atoms with van der Waals surface area (Å²) in [7, 11) is -1.65. The summed E-state index contributed by atoms with van der Waals surface area (Å²) >= 11 is 0. The topological polar surface area (TPSA) is 49.4 Å². The van der Waals surface area contributed by atoms with Crippen molar-refractivity contribution in [2.45, 2.75) is 24.8 Å². The Hall–Kier alpha value is -1.17. The van der Waals surface area contributed by atoms with Gasteiger partial charge < -0.3 is 5.32 Å². The van der Waals surface area contributed by atoms with Crippen LogP contribution in [-0.2, 0) is 16.6 Å². The molecule has 19 heavy (non-hydrogen) atoms. The van der Waals surface area contributed by atoms with Gasteiger partial charge in [0.05, 0.1) is 4.90 Å². The SMILES string of the molecule is C=CCN(CCC)S(=O)(=O)c1ccccc1CNC. The fourth-order valence-electron chi connectivity index (χ4n) is 1.93. The van der Waals surface area contributed by atoms with E-state index in [9.17, 15) is 8.42 Å². The van der Waals surface area contributed by atoms with Crippen molar-refractivity contribution in [1.29, 1.82) is 0 Å². The lowest BCUT2D eigenvalue weighted by atomic mass is 10.2. The van der Waals surface area contributed by atoms with E-state index >= 15 is 0 Å². The molecule has 1 rings (SSSR count). The first-order valence-corrected chi connectivity index (χ1v) is 7.85. The van der Waals surface area contributed by atoms with Gasteiger partial charge in [0, 0.05) is 19.6 Å². The lowest BCUT2D eigenvalue weighted by Gasteiger charge is -2.21. The van der Waals surface area contributed by atoms with Crippen LogP contribution in [-0.4, -0.2) is 32.9 Å². The van der Waals surface area contributed by atoms with Crippen LogP contribution >= 0.6 is 0 Å². The van der Waals surface area contributed by atoms with E-state index in [0.29, 0.717) is 24.5 Å². The highest BCUT2D eigenvalue weighted by Crippen LogP contribution is 2.20. The Balaban J connectivity index is 3.20. The smallest absolute Gasteiger partial charge is 0.243 e. The Morgan fingerprint density at radius 2 is 2.05 bits per heavy atom. The van der Waals surface area contributed by atoms with Crippen LogP contribution in [0.5, 0.6) is 0 Å². The fourth-order valence-corrected chi connectivity index (χ4v) is 3.66. The molecule has 0 aliphatic heterocycles. The number of nitrogens with zero attached hydrogens (tertiary/aromatic N) is 1. The first kappa shape index (κ1) is 15.9. The Labute approximate surface area is 116 Å². The molecule has 1 N–H and O–H groups in total. The van der Waals surface area contributed by atoms with Gasteiger partial charge in [-0.25, -0.2) is 8.42 Å². The summed E-state index contributed by atoms with van der Waals surface area (Å²) in [4.78, 5) is 0.375. The van der Waals surface area contributed by atoms with Crippen LogP contribution in [0.3, 0.4) is 0 Å². The Bertz CT molecular complexity index is 512. The summed E-state index contributed by atoms with van der Waals surface area (Å²) in [6.07, 6.45) is 2.40. The van der Waals surface area contributed by atoms with E-state index in [1.54, 1.807) is 25.3 Å². The van der Waals surface area contributed by atoms with Crippen molar-refractivity contribution in [3.63, 3.8) is 0 Å². The van der Waals surface area contributed by atoms with Gasteiger partial charge in [0.15, 0.2) is 0 Å². The Morgan fingerprint density at radius 1 is 1.37 bits per heavy atom. The molecule has 1 aromatic carbocycles. The van der Waals surface area contributed by atoms with Crippen molar-refractivity contribution >= 4 is 10.0 Å². The van der Waals surface area contributed by atoms with Gasteiger partial charge in [-0.15, -0.1) is 6.58 Å². The van der Waals surface area contributed by atoms with Crippen LogP contribution in [0.4, 0.5) is 0 Å². The zero-order valence-electron chi connectivity index (χ0n) is 11.6. The third-order valence-corrected chi connectivity index (χ3v) is 4.73. The number of nitrogens with one attached hydrogen (secondary N) is 1. The summed E-state index contributed by atoms with van der Waals surface area (Å²) in [6.45, 7) is 6.96. The molecule has 1 aromatic rings. The molecule has 0 aromatic heterocycles. The normalized spacial score (nSPS) is 11.7. The van der Waals surface area contributed by atoms with Crippen LogP contribution in [0.25, 0.3) is 0 Å².